The summed E-state index contributed by atoms with van der Waals surface area (Å²) >= 11 is 0. The number of rotatable bonds is 2. The summed E-state index contributed by atoms with van der Waals surface area (Å²) < 4.78 is 38.9. The number of halogens is 3. The highest BCUT2D eigenvalue weighted by Crippen LogP contribution is 2.35. The Balaban J connectivity index is 1.76. The standard InChI is InChI=1S/C17H15F3N2O2/c18-17(19,20)12-7-3-4-8-13(12)21-16(24)22-15-11-6-2-1-5-10(11)9-14(15)23/h1-8,14-15,23H,9H2,(H2,21,22,24). The van der Waals surface area contributed by atoms with Gasteiger partial charge in [0, 0.05) is 6.42 Å². The number of fused-ring (bicyclic) bond motifs is 1. The molecule has 24 heavy (non-hydrogen) atoms. The van der Waals surface area contributed by atoms with E-state index in [1.54, 1.807) is 12.1 Å². The van der Waals surface area contributed by atoms with Crippen LogP contribution in [0.3, 0.4) is 0 Å². The highest BCUT2D eigenvalue weighted by molar-refractivity contribution is 5.90. The number of anilines is 1. The minimum absolute atomic E-state index is 0.330. The average Bonchev–Trinajstić information content (AvgIpc) is 2.83. The molecule has 0 aliphatic heterocycles. The number of alkyl halides is 3. The molecule has 0 saturated carbocycles. The number of carbonyl (C=O) groups excluding carboxylic acids is 1. The summed E-state index contributed by atoms with van der Waals surface area (Å²) in [5, 5.41) is 14.8. The van der Waals surface area contributed by atoms with E-state index in [0.29, 0.717) is 6.42 Å². The second-order valence-electron chi connectivity index (χ2n) is 5.59. The number of benzene rings is 2. The smallest absolute Gasteiger partial charge is 0.390 e. The molecule has 2 atom stereocenters. The first kappa shape index (κ1) is 16.3. The van der Waals surface area contributed by atoms with Crippen LogP contribution in [0.5, 0.6) is 0 Å². The molecule has 7 heteroatoms. The van der Waals surface area contributed by atoms with E-state index in [0.717, 1.165) is 17.2 Å². The molecule has 3 rings (SSSR count). The van der Waals surface area contributed by atoms with Crippen molar-refractivity contribution in [1.29, 1.82) is 0 Å². The second-order valence-corrected chi connectivity index (χ2v) is 5.59. The largest absolute Gasteiger partial charge is 0.418 e. The predicted octanol–water partition coefficient (Wildman–Crippen LogP) is 3.49. The van der Waals surface area contributed by atoms with Crippen LogP contribution in [0.4, 0.5) is 23.7 Å². The molecule has 2 aromatic carbocycles. The number of urea groups is 1. The maximum absolute atomic E-state index is 13.0. The Hall–Kier alpha value is -2.54. The zero-order valence-electron chi connectivity index (χ0n) is 12.5. The highest BCUT2D eigenvalue weighted by Gasteiger charge is 2.35. The van der Waals surface area contributed by atoms with Crippen LogP contribution in [0.2, 0.25) is 0 Å². The number of amides is 2. The number of hydrogen-bond donors (Lipinski definition) is 3. The molecular formula is C17H15F3N2O2. The number of hydrogen-bond acceptors (Lipinski definition) is 2. The molecule has 1 aliphatic rings. The summed E-state index contributed by atoms with van der Waals surface area (Å²) in [5.74, 6) is 0. The van der Waals surface area contributed by atoms with E-state index in [1.165, 1.54) is 18.2 Å². The van der Waals surface area contributed by atoms with Crippen molar-refractivity contribution in [2.45, 2.75) is 24.7 Å². The molecule has 2 amide bonds. The second kappa shape index (κ2) is 6.16. The fraction of sp³-hybridized carbons (Fsp3) is 0.235. The van der Waals surface area contributed by atoms with E-state index in [2.05, 4.69) is 10.6 Å². The molecule has 0 aromatic heterocycles. The zero-order chi connectivity index (χ0) is 17.3. The maximum Gasteiger partial charge on any atom is 0.418 e. The van der Waals surface area contributed by atoms with Crippen LogP contribution >= 0.6 is 0 Å². The predicted molar refractivity (Wildman–Crippen MR) is 82.5 cm³/mol. The minimum atomic E-state index is -4.57. The lowest BCUT2D eigenvalue weighted by molar-refractivity contribution is -0.136. The third kappa shape index (κ3) is 3.21. The van der Waals surface area contributed by atoms with Crippen LogP contribution in [-0.2, 0) is 12.6 Å². The van der Waals surface area contributed by atoms with E-state index in [1.807, 2.05) is 12.1 Å². The van der Waals surface area contributed by atoms with Crippen molar-refractivity contribution in [3.05, 3.63) is 65.2 Å². The van der Waals surface area contributed by atoms with Crippen LogP contribution in [0.1, 0.15) is 22.7 Å². The molecule has 4 nitrogen and oxygen atoms in total. The molecule has 3 N–H and O–H groups in total. The SMILES string of the molecule is O=C(Nc1ccccc1C(F)(F)F)NC1c2ccccc2CC1O. The Morgan fingerprint density at radius 2 is 1.75 bits per heavy atom. The van der Waals surface area contributed by atoms with E-state index >= 15 is 0 Å². The molecule has 2 aromatic rings. The fourth-order valence-electron chi connectivity index (χ4n) is 2.89. The lowest BCUT2D eigenvalue weighted by atomic mass is 10.1. The van der Waals surface area contributed by atoms with Gasteiger partial charge < -0.3 is 15.7 Å². The van der Waals surface area contributed by atoms with Gasteiger partial charge in [0.25, 0.3) is 0 Å². The third-order valence-electron chi connectivity index (χ3n) is 3.97. The van der Waals surface area contributed by atoms with Gasteiger partial charge >= 0.3 is 12.2 Å². The molecule has 0 heterocycles. The Morgan fingerprint density at radius 1 is 1.08 bits per heavy atom. The van der Waals surface area contributed by atoms with E-state index in [-0.39, 0.29) is 5.69 Å². The van der Waals surface area contributed by atoms with Crippen LogP contribution in [0, 0.1) is 0 Å². The number of para-hydroxylation sites is 1. The van der Waals surface area contributed by atoms with Crippen LogP contribution in [-0.4, -0.2) is 17.2 Å². The van der Waals surface area contributed by atoms with Crippen molar-refractivity contribution in [3.63, 3.8) is 0 Å². The van der Waals surface area contributed by atoms with Gasteiger partial charge in [-0.3, -0.25) is 0 Å². The van der Waals surface area contributed by atoms with Crippen molar-refractivity contribution in [2.24, 2.45) is 0 Å². The molecule has 2 unspecified atom stereocenters. The summed E-state index contributed by atoms with van der Waals surface area (Å²) in [5.41, 5.74) is 0.422. The van der Waals surface area contributed by atoms with Gasteiger partial charge in [-0.25, -0.2) is 4.79 Å². The maximum atomic E-state index is 13.0. The third-order valence-corrected chi connectivity index (χ3v) is 3.97. The van der Waals surface area contributed by atoms with Crippen molar-refractivity contribution >= 4 is 11.7 Å². The fourth-order valence-corrected chi connectivity index (χ4v) is 2.89. The summed E-state index contributed by atoms with van der Waals surface area (Å²) in [7, 11) is 0. The van der Waals surface area contributed by atoms with Gasteiger partial charge in [-0.2, -0.15) is 13.2 Å². The summed E-state index contributed by atoms with van der Waals surface area (Å²) in [6.07, 6.45) is -4.99. The minimum Gasteiger partial charge on any atom is -0.390 e. The molecule has 1 aliphatic carbocycles. The van der Waals surface area contributed by atoms with Gasteiger partial charge in [0.1, 0.15) is 0 Å². The van der Waals surface area contributed by atoms with Gasteiger partial charge in [0.05, 0.1) is 23.4 Å². The van der Waals surface area contributed by atoms with Crippen molar-refractivity contribution < 1.29 is 23.1 Å². The molecule has 0 fully saturated rings. The Morgan fingerprint density at radius 3 is 2.50 bits per heavy atom. The van der Waals surface area contributed by atoms with Gasteiger partial charge in [-0.1, -0.05) is 36.4 Å². The summed E-state index contributed by atoms with van der Waals surface area (Å²) in [6.45, 7) is 0. The van der Waals surface area contributed by atoms with Gasteiger partial charge in [0.2, 0.25) is 0 Å². The van der Waals surface area contributed by atoms with Gasteiger partial charge in [0.15, 0.2) is 0 Å². The van der Waals surface area contributed by atoms with Crippen LogP contribution in [0.25, 0.3) is 0 Å². The van der Waals surface area contributed by atoms with Crippen LogP contribution in [0.15, 0.2) is 48.5 Å². The monoisotopic (exact) mass is 336 g/mol. The first-order chi connectivity index (χ1) is 11.4. The first-order valence-corrected chi connectivity index (χ1v) is 7.36. The normalized spacial score (nSPS) is 19.7. The molecule has 0 radical (unpaired) electrons. The molecular weight excluding hydrogens is 321 g/mol. The lowest BCUT2D eigenvalue weighted by Crippen LogP contribution is -2.37. The first-order valence-electron chi connectivity index (χ1n) is 7.36. The molecule has 126 valence electrons. The van der Waals surface area contributed by atoms with Crippen molar-refractivity contribution in [3.8, 4) is 0 Å². The van der Waals surface area contributed by atoms with Crippen molar-refractivity contribution in [1.82, 2.24) is 5.32 Å². The van der Waals surface area contributed by atoms with E-state index in [4.69, 9.17) is 0 Å². The Kier molecular flexibility index (Phi) is 4.19. The Labute approximate surface area is 136 Å². The zero-order valence-corrected chi connectivity index (χ0v) is 12.5. The van der Waals surface area contributed by atoms with Crippen molar-refractivity contribution in [2.75, 3.05) is 5.32 Å². The topological polar surface area (TPSA) is 61.4 Å². The highest BCUT2D eigenvalue weighted by atomic mass is 19.4. The quantitative estimate of drug-likeness (QED) is 0.786. The number of nitrogens with one attached hydrogen (secondary N) is 2. The average molecular weight is 336 g/mol. The summed E-state index contributed by atoms with van der Waals surface area (Å²) in [6, 6.07) is 10.5. The summed E-state index contributed by atoms with van der Waals surface area (Å²) in [4.78, 5) is 12.1. The van der Waals surface area contributed by atoms with Gasteiger partial charge in [-0.15, -0.1) is 0 Å². The molecule has 0 spiro atoms. The van der Waals surface area contributed by atoms with E-state index < -0.39 is 29.9 Å². The number of carbonyl (C=O) groups is 1. The number of aliphatic hydroxyl groups excluding tert-OH is 1. The van der Waals surface area contributed by atoms with Gasteiger partial charge in [-0.05, 0) is 23.3 Å². The van der Waals surface area contributed by atoms with Crippen LogP contribution < -0.4 is 10.6 Å². The van der Waals surface area contributed by atoms with E-state index in [9.17, 15) is 23.1 Å². The number of aliphatic hydroxyl groups is 1. The Bertz CT molecular complexity index is 761. The molecule has 0 saturated heterocycles. The molecule has 0 bridgehead atoms. The lowest BCUT2D eigenvalue weighted by Gasteiger charge is -2.19.